The highest BCUT2D eigenvalue weighted by Crippen LogP contribution is 2.39. The molecule has 3 heterocycles. The molecule has 0 radical (unpaired) electrons. The third-order valence-electron chi connectivity index (χ3n) is 5.68. The van der Waals surface area contributed by atoms with Gasteiger partial charge < -0.3 is 20.8 Å². The van der Waals surface area contributed by atoms with Crippen molar-refractivity contribution >= 4 is 40.0 Å². The number of aromatic nitrogens is 2. The van der Waals surface area contributed by atoms with Crippen molar-refractivity contribution in [2.24, 2.45) is 0 Å². The van der Waals surface area contributed by atoms with E-state index >= 15 is 4.39 Å². The van der Waals surface area contributed by atoms with Crippen LogP contribution in [0.1, 0.15) is 23.2 Å². The van der Waals surface area contributed by atoms with Crippen LogP contribution >= 0.6 is 11.6 Å². The standard InChI is InChI=1S/C22H17ClF4N4O4/c23-16-17-10(4-12(24)18(16)30-3-1-2-9(6-30)15(27)8-32)19(33)11(22(34)35)7-31(17)21-14(26)5-13(25)20(28)29-21/h4-5,7,32H,1-3,6,8H2,(H2,28,29)(H,34,35)/b15-9-. The van der Waals surface area contributed by atoms with E-state index in [0.29, 0.717) is 18.9 Å². The summed E-state index contributed by atoms with van der Waals surface area (Å²) in [5.41, 5.74) is 3.17. The predicted octanol–water partition coefficient (Wildman–Crippen LogP) is 3.55. The molecule has 0 amide bonds. The summed E-state index contributed by atoms with van der Waals surface area (Å²) in [6.07, 6.45) is 1.45. The lowest BCUT2D eigenvalue weighted by atomic mass is 10.0. The number of carbonyl (C=O) groups is 1. The maximum absolute atomic E-state index is 15.3. The van der Waals surface area contributed by atoms with E-state index in [1.165, 1.54) is 4.90 Å². The summed E-state index contributed by atoms with van der Waals surface area (Å²) in [4.78, 5) is 29.5. The number of carboxylic acids is 1. The van der Waals surface area contributed by atoms with Crippen LogP contribution in [0, 0.1) is 17.5 Å². The summed E-state index contributed by atoms with van der Waals surface area (Å²) in [5.74, 6) is -7.28. The van der Waals surface area contributed by atoms with E-state index in [-0.39, 0.29) is 29.9 Å². The van der Waals surface area contributed by atoms with Gasteiger partial charge in [-0.05, 0) is 24.5 Å². The van der Waals surface area contributed by atoms with Gasteiger partial charge in [0, 0.05) is 25.4 Å². The van der Waals surface area contributed by atoms with Gasteiger partial charge in [-0.3, -0.25) is 9.36 Å². The van der Waals surface area contributed by atoms with Crippen LogP contribution in [-0.4, -0.2) is 45.4 Å². The van der Waals surface area contributed by atoms with E-state index in [4.69, 9.17) is 22.4 Å². The fourth-order valence-corrected chi connectivity index (χ4v) is 4.45. The molecule has 8 nitrogen and oxygen atoms in total. The number of piperidine rings is 1. The fourth-order valence-electron chi connectivity index (χ4n) is 4.05. The minimum atomic E-state index is -1.69. The summed E-state index contributed by atoms with van der Waals surface area (Å²) in [6, 6.07) is 1.16. The molecule has 0 unspecified atom stereocenters. The second kappa shape index (κ2) is 9.19. The Morgan fingerprint density at radius 1 is 1.20 bits per heavy atom. The Labute approximate surface area is 199 Å². The number of rotatable bonds is 4. The molecule has 4 N–H and O–H groups in total. The normalized spacial score (nSPS) is 15.5. The van der Waals surface area contributed by atoms with Gasteiger partial charge in [0.2, 0.25) is 5.43 Å². The summed E-state index contributed by atoms with van der Waals surface area (Å²) >= 11 is 6.52. The Balaban J connectivity index is 2.07. The summed E-state index contributed by atoms with van der Waals surface area (Å²) < 4.78 is 58.5. The fraction of sp³-hybridized carbons (Fsp3) is 0.227. The molecular weight excluding hydrogens is 496 g/mol. The van der Waals surface area contributed by atoms with Crippen LogP contribution in [0.5, 0.6) is 0 Å². The van der Waals surface area contributed by atoms with E-state index in [2.05, 4.69) is 4.98 Å². The third-order valence-corrected chi connectivity index (χ3v) is 6.04. The zero-order chi connectivity index (χ0) is 25.6. The number of anilines is 2. The second-order valence-corrected chi connectivity index (χ2v) is 8.19. The van der Waals surface area contributed by atoms with Crippen LogP contribution < -0.4 is 16.1 Å². The molecule has 0 aliphatic carbocycles. The number of aromatic carboxylic acids is 1. The molecular formula is C22H17ClF4N4O4. The zero-order valence-corrected chi connectivity index (χ0v) is 18.5. The molecule has 0 saturated carbocycles. The van der Waals surface area contributed by atoms with E-state index in [1.807, 2.05) is 0 Å². The van der Waals surface area contributed by atoms with Crippen molar-refractivity contribution in [2.45, 2.75) is 12.8 Å². The molecule has 2 aromatic heterocycles. The molecule has 1 aliphatic rings. The molecule has 4 rings (SSSR count). The van der Waals surface area contributed by atoms with Gasteiger partial charge in [0.25, 0.3) is 0 Å². The lowest BCUT2D eigenvalue weighted by molar-refractivity contribution is 0.0695. The Morgan fingerprint density at radius 3 is 2.57 bits per heavy atom. The quantitative estimate of drug-likeness (QED) is 0.457. The molecule has 13 heteroatoms. The lowest BCUT2D eigenvalue weighted by Gasteiger charge is -2.32. The molecule has 35 heavy (non-hydrogen) atoms. The van der Waals surface area contributed by atoms with Crippen LogP contribution in [0.15, 0.2) is 34.5 Å². The minimum Gasteiger partial charge on any atom is -0.477 e. The SMILES string of the molecule is Nc1nc(-n2cc(C(=O)O)c(=O)c3cc(F)c(N4CCC/C(=C(/F)CO)C4)c(Cl)c32)c(F)cc1F. The number of benzene rings is 1. The number of halogens is 5. The second-order valence-electron chi connectivity index (χ2n) is 7.82. The molecule has 0 bridgehead atoms. The van der Waals surface area contributed by atoms with Crippen molar-refractivity contribution in [3.8, 4) is 5.82 Å². The summed E-state index contributed by atoms with van der Waals surface area (Å²) in [7, 11) is 0. The number of aliphatic hydroxyl groups is 1. The van der Waals surface area contributed by atoms with Gasteiger partial charge >= 0.3 is 5.97 Å². The van der Waals surface area contributed by atoms with Gasteiger partial charge in [-0.25, -0.2) is 27.3 Å². The van der Waals surface area contributed by atoms with Gasteiger partial charge in [0.15, 0.2) is 23.3 Å². The first-order valence-electron chi connectivity index (χ1n) is 10.2. The van der Waals surface area contributed by atoms with Crippen LogP contribution in [0.3, 0.4) is 0 Å². The first-order valence-corrected chi connectivity index (χ1v) is 10.6. The van der Waals surface area contributed by atoms with Crippen molar-refractivity contribution in [3.63, 3.8) is 0 Å². The topological polar surface area (TPSA) is 122 Å². The number of aliphatic hydroxyl groups excluding tert-OH is 1. The van der Waals surface area contributed by atoms with Crippen LogP contribution in [0.2, 0.25) is 5.02 Å². The van der Waals surface area contributed by atoms with Gasteiger partial charge in [-0.1, -0.05) is 11.6 Å². The van der Waals surface area contributed by atoms with E-state index in [0.717, 1.165) is 16.8 Å². The molecule has 184 valence electrons. The average molecular weight is 513 g/mol. The third kappa shape index (κ3) is 4.19. The minimum absolute atomic E-state index is 0.123. The van der Waals surface area contributed by atoms with E-state index in [1.54, 1.807) is 0 Å². The lowest BCUT2D eigenvalue weighted by Crippen LogP contribution is -2.33. The van der Waals surface area contributed by atoms with E-state index in [9.17, 15) is 27.9 Å². The molecule has 3 aromatic rings. The molecule has 0 atom stereocenters. The number of nitrogen functional groups attached to an aromatic ring is 1. The van der Waals surface area contributed by atoms with Crippen molar-refractivity contribution in [1.29, 1.82) is 0 Å². The van der Waals surface area contributed by atoms with Gasteiger partial charge in [0.05, 0.1) is 28.2 Å². The average Bonchev–Trinajstić information content (AvgIpc) is 2.81. The van der Waals surface area contributed by atoms with E-state index < -0.39 is 68.9 Å². The maximum Gasteiger partial charge on any atom is 0.341 e. The number of carboxylic acid groups (broad SMARTS) is 1. The van der Waals surface area contributed by atoms with Gasteiger partial charge in [0.1, 0.15) is 17.2 Å². The number of nitrogens with zero attached hydrogens (tertiary/aromatic N) is 3. The molecule has 0 spiro atoms. The molecule has 1 fully saturated rings. The maximum atomic E-state index is 15.3. The predicted molar refractivity (Wildman–Crippen MR) is 120 cm³/mol. The molecule has 1 aliphatic heterocycles. The van der Waals surface area contributed by atoms with Crippen molar-refractivity contribution in [3.05, 3.63) is 68.0 Å². The summed E-state index contributed by atoms with van der Waals surface area (Å²) in [6.45, 7) is -0.717. The van der Waals surface area contributed by atoms with Gasteiger partial charge in [-0.15, -0.1) is 0 Å². The van der Waals surface area contributed by atoms with Crippen molar-refractivity contribution < 1.29 is 32.6 Å². The molecule has 1 saturated heterocycles. The molecule has 1 aromatic carbocycles. The largest absolute Gasteiger partial charge is 0.477 e. The highest BCUT2D eigenvalue weighted by Gasteiger charge is 2.28. The number of pyridine rings is 2. The Morgan fingerprint density at radius 2 is 1.91 bits per heavy atom. The van der Waals surface area contributed by atoms with Gasteiger partial charge in [-0.2, -0.15) is 0 Å². The number of fused-ring (bicyclic) bond motifs is 1. The smallest absolute Gasteiger partial charge is 0.341 e. The monoisotopic (exact) mass is 512 g/mol. The highest BCUT2D eigenvalue weighted by atomic mass is 35.5. The highest BCUT2D eigenvalue weighted by molar-refractivity contribution is 6.38. The van der Waals surface area contributed by atoms with Crippen LogP contribution in [0.4, 0.5) is 29.1 Å². The van der Waals surface area contributed by atoms with Crippen molar-refractivity contribution in [2.75, 3.05) is 30.3 Å². The number of hydrogen-bond donors (Lipinski definition) is 3. The first-order chi connectivity index (χ1) is 16.5. The number of nitrogens with two attached hydrogens (primary N) is 1. The first kappa shape index (κ1) is 24.5. The van der Waals surface area contributed by atoms with Crippen LogP contribution in [-0.2, 0) is 0 Å². The Bertz CT molecular complexity index is 1470. The summed E-state index contributed by atoms with van der Waals surface area (Å²) in [5, 5.41) is 17.6. The van der Waals surface area contributed by atoms with Crippen molar-refractivity contribution in [1.82, 2.24) is 9.55 Å². The Kier molecular flexibility index (Phi) is 6.43. The zero-order valence-electron chi connectivity index (χ0n) is 17.8. The Hall–Kier alpha value is -3.64. The van der Waals surface area contributed by atoms with Crippen LogP contribution in [0.25, 0.3) is 16.7 Å². The number of hydrogen-bond acceptors (Lipinski definition) is 6.